The third-order valence-electron chi connectivity index (χ3n) is 4.13. The third-order valence-corrected chi connectivity index (χ3v) is 4.79. The molecule has 1 fully saturated rings. The molecule has 1 saturated heterocycles. The average molecular weight is 377 g/mol. The number of hydrogen-bond acceptors (Lipinski definition) is 2. The lowest BCUT2D eigenvalue weighted by Gasteiger charge is -2.18. The van der Waals surface area contributed by atoms with Crippen molar-refractivity contribution in [3.63, 3.8) is 0 Å². The van der Waals surface area contributed by atoms with Crippen molar-refractivity contribution >= 4 is 27.5 Å². The molecule has 1 unspecified atom stereocenters. The fourth-order valence-electron chi connectivity index (χ4n) is 2.88. The predicted octanol–water partition coefficient (Wildman–Crippen LogP) is 3.84. The number of benzene rings is 2. The molecule has 1 aliphatic heterocycles. The highest BCUT2D eigenvalue weighted by Crippen LogP contribution is 2.23. The molecule has 1 amide bonds. The number of carbonyl (C=O) groups is 1. The van der Waals surface area contributed by atoms with Crippen molar-refractivity contribution in [2.75, 3.05) is 24.5 Å². The number of amides is 1. The van der Waals surface area contributed by atoms with E-state index in [1.807, 2.05) is 18.2 Å². The summed E-state index contributed by atoms with van der Waals surface area (Å²) in [6.07, 6.45) is 1.06. The van der Waals surface area contributed by atoms with E-state index in [9.17, 15) is 9.18 Å². The summed E-state index contributed by atoms with van der Waals surface area (Å²) in [5.74, 6) is -0.101. The highest BCUT2D eigenvalue weighted by molar-refractivity contribution is 9.10. The topological polar surface area (TPSA) is 32.3 Å². The highest BCUT2D eigenvalue weighted by atomic mass is 79.9. The number of rotatable bonds is 4. The van der Waals surface area contributed by atoms with Gasteiger partial charge in [0, 0.05) is 29.8 Å². The van der Waals surface area contributed by atoms with Gasteiger partial charge in [0.1, 0.15) is 5.82 Å². The monoisotopic (exact) mass is 376 g/mol. The second kappa shape index (κ2) is 7.13. The molecule has 0 spiro atoms. The molecule has 0 radical (unpaired) electrons. The summed E-state index contributed by atoms with van der Waals surface area (Å²) >= 11 is 3.23. The van der Waals surface area contributed by atoms with Gasteiger partial charge in [-0.1, -0.05) is 18.2 Å². The summed E-state index contributed by atoms with van der Waals surface area (Å²) in [7, 11) is 0. The van der Waals surface area contributed by atoms with Crippen LogP contribution in [0.15, 0.2) is 53.0 Å². The van der Waals surface area contributed by atoms with Crippen molar-refractivity contribution in [1.82, 2.24) is 5.32 Å². The fraction of sp³-hybridized carbons (Fsp3) is 0.278. The Kier molecular flexibility index (Phi) is 4.96. The molecule has 120 valence electrons. The first-order valence-electron chi connectivity index (χ1n) is 7.67. The van der Waals surface area contributed by atoms with Gasteiger partial charge in [-0.15, -0.1) is 0 Å². The van der Waals surface area contributed by atoms with E-state index in [0.29, 0.717) is 22.5 Å². The van der Waals surface area contributed by atoms with Crippen LogP contribution in [0.25, 0.3) is 0 Å². The zero-order valence-corrected chi connectivity index (χ0v) is 14.2. The molecule has 0 aliphatic carbocycles. The van der Waals surface area contributed by atoms with E-state index >= 15 is 0 Å². The second-order valence-corrected chi connectivity index (χ2v) is 6.62. The zero-order valence-electron chi connectivity index (χ0n) is 12.6. The summed E-state index contributed by atoms with van der Waals surface area (Å²) in [6, 6.07) is 14.4. The minimum absolute atomic E-state index is 0.171. The Bertz CT molecular complexity index is 693. The second-order valence-electron chi connectivity index (χ2n) is 5.77. The Morgan fingerprint density at radius 2 is 2.04 bits per heavy atom. The Labute approximate surface area is 143 Å². The number of halogens is 2. The molecule has 2 aromatic rings. The standard InChI is InChI=1S/C18H18BrFN2O/c19-17-10-14(20)6-7-16(17)18(23)21-11-13-8-9-22(12-13)15-4-2-1-3-5-15/h1-7,10,13H,8-9,11-12H2,(H,21,23). The Morgan fingerprint density at radius 1 is 1.26 bits per heavy atom. The minimum Gasteiger partial charge on any atom is -0.371 e. The van der Waals surface area contributed by atoms with Crippen molar-refractivity contribution < 1.29 is 9.18 Å². The smallest absolute Gasteiger partial charge is 0.252 e. The zero-order chi connectivity index (χ0) is 16.2. The van der Waals surface area contributed by atoms with Crippen molar-refractivity contribution in [3.8, 4) is 0 Å². The molecular formula is C18H18BrFN2O. The summed E-state index contributed by atoms with van der Waals surface area (Å²) < 4.78 is 13.6. The van der Waals surface area contributed by atoms with Crippen LogP contribution in [0.1, 0.15) is 16.8 Å². The molecule has 0 saturated carbocycles. The minimum atomic E-state index is -0.359. The maximum absolute atomic E-state index is 13.1. The highest BCUT2D eigenvalue weighted by Gasteiger charge is 2.23. The lowest BCUT2D eigenvalue weighted by atomic mass is 10.1. The van der Waals surface area contributed by atoms with Gasteiger partial charge in [0.15, 0.2) is 0 Å². The lowest BCUT2D eigenvalue weighted by Crippen LogP contribution is -2.31. The first kappa shape index (κ1) is 16.0. The van der Waals surface area contributed by atoms with Gasteiger partial charge >= 0.3 is 0 Å². The number of anilines is 1. The first-order valence-corrected chi connectivity index (χ1v) is 8.46. The molecule has 1 N–H and O–H groups in total. The number of hydrogen-bond donors (Lipinski definition) is 1. The molecule has 3 nitrogen and oxygen atoms in total. The molecule has 1 heterocycles. The van der Waals surface area contributed by atoms with Gasteiger partial charge in [-0.3, -0.25) is 4.79 Å². The molecule has 0 aromatic heterocycles. The first-order chi connectivity index (χ1) is 11.1. The SMILES string of the molecule is O=C(NCC1CCN(c2ccccc2)C1)c1ccc(F)cc1Br. The van der Waals surface area contributed by atoms with Crippen LogP contribution < -0.4 is 10.2 Å². The van der Waals surface area contributed by atoms with E-state index in [0.717, 1.165) is 19.5 Å². The molecular weight excluding hydrogens is 359 g/mol. The van der Waals surface area contributed by atoms with E-state index < -0.39 is 0 Å². The van der Waals surface area contributed by atoms with Crippen LogP contribution >= 0.6 is 15.9 Å². The number of nitrogens with one attached hydrogen (secondary N) is 1. The summed E-state index contributed by atoms with van der Waals surface area (Å²) in [5.41, 5.74) is 1.69. The van der Waals surface area contributed by atoms with Crippen molar-refractivity contribution in [2.45, 2.75) is 6.42 Å². The van der Waals surface area contributed by atoms with Gasteiger partial charge < -0.3 is 10.2 Å². The fourth-order valence-corrected chi connectivity index (χ4v) is 3.41. The maximum Gasteiger partial charge on any atom is 0.252 e. The molecule has 0 bridgehead atoms. The molecule has 1 atom stereocenters. The summed E-state index contributed by atoms with van der Waals surface area (Å²) in [6.45, 7) is 2.58. The van der Waals surface area contributed by atoms with Crippen LogP contribution in [-0.4, -0.2) is 25.5 Å². The maximum atomic E-state index is 13.1. The quantitative estimate of drug-likeness (QED) is 0.878. The lowest BCUT2D eigenvalue weighted by molar-refractivity contribution is 0.0947. The van der Waals surface area contributed by atoms with Crippen LogP contribution in [-0.2, 0) is 0 Å². The van der Waals surface area contributed by atoms with Crippen LogP contribution in [0.4, 0.5) is 10.1 Å². The average Bonchev–Trinajstić information content (AvgIpc) is 3.02. The Morgan fingerprint density at radius 3 is 2.78 bits per heavy atom. The molecule has 23 heavy (non-hydrogen) atoms. The Balaban J connectivity index is 1.54. The Hall–Kier alpha value is -1.88. The van der Waals surface area contributed by atoms with E-state index in [-0.39, 0.29) is 11.7 Å². The van der Waals surface area contributed by atoms with Gasteiger partial charge in [-0.25, -0.2) is 4.39 Å². The number of nitrogens with zero attached hydrogens (tertiary/aromatic N) is 1. The number of carbonyl (C=O) groups excluding carboxylic acids is 1. The summed E-state index contributed by atoms with van der Waals surface area (Å²) in [5, 5.41) is 2.96. The largest absolute Gasteiger partial charge is 0.371 e. The van der Waals surface area contributed by atoms with Crippen molar-refractivity contribution in [2.24, 2.45) is 5.92 Å². The van der Waals surface area contributed by atoms with Crippen molar-refractivity contribution in [3.05, 3.63) is 64.4 Å². The van der Waals surface area contributed by atoms with Gasteiger partial charge in [0.25, 0.3) is 5.91 Å². The van der Waals surface area contributed by atoms with Gasteiger partial charge in [-0.2, -0.15) is 0 Å². The van der Waals surface area contributed by atoms with Crippen LogP contribution in [0.3, 0.4) is 0 Å². The van der Waals surface area contributed by atoms with Gasteiger partial charge in [0.2, 0.25) is 0 Å². The van der Waals surface area contributed by atoms with E-state index in [2.05, 4.69) is 38.3 Å². The van der Waals surface area contributed by atoms with Crippen LogP contribution in [0, 0.1) is 11.7 Å². The molecule has 1 aliphatic rings. The van der Waals surface area contributed by atoms with Gasteiger partial charge in [0.05, 0.1) is 5.56 Å². The molecule has 3 rings (SSSR count). The molecule has 5 heteroatoms. The molecule has 2 aromatic carbocycles. The van der Waals surface area contributed by atoms with Crippen LogP contribution in [0.2, 0.25) is 0 Å². The van der Waals surface area contributed by atoms with Gasteiger partial charge in [-0.05, 0) is 58.6 Å². The van der Waals surface area contributed by atoms with E-state index in [1.165, 1.54) is 23.9 Å². The predicted molar refractivity (Wildman–Crippen MR) is 93.2 cm³/mol. The van der Waals surface area contributed by atoms with E-state index in [4.69, 9.17) is 0 Å². The third kappa shape index (κ3) is 3.91. The normalized spacial score (nSPS) is 17.3. The summed E-state index contributed by atoms with van der Waals surface area (Å²) in [4.78, 5) is 14.5. The van der Waals surface area contributed by atoms with Crippen LogP contribution in [0.5, 0.6) is 0 Å². The van der Waals surface area contributed by atoms with E-state index in [1.54, 1.807) is 0 Å². The number of para-hydroxylation sites is 1. The van der Waals surface area contributed by atoms with Crippen molar-refractivity contribution in [1.29, 1.82) is 0 Å².